The predicted octanol–water partition coefficient (Wildman–Crippen LogP) is 2.74. The first kappa shape index (κ1) is 22.4. The number of nitrogens with one attached hydrogen (secondary N) is 1. The second-order valence-electron chi connectivity index (χ2n) is 7.51. The Morgan fingerprint density at radius 2 is 2.23 bits per heavy atom. The van der Waals surface area contributed by atoms with E-state index in [1.165, 1.54) is 26.0 Å². The molecule has 3 rings (SSSR count). The van der Waals surface area contributed by atoms with Crippen LogP contribution in [0.1, 0.15) is 44.1 Å². The molecule has 2 heterocycles. The number of rotatable bonds is 7. The van der Waals surface area contributed by atoms with Crippen molar-refractivity contribution in [3.05, 3.63) is 52.5 Å². The van der Waals surface area contributed by atoms with E-state index in [9.17, 15) is 14.3 Å². The van der Waals surface area contributed by atoms with Gasteiger partial charge < -0.3 is 14.9 Å². The van der Waals surface area contributed by atoms with Crippen LogP contribution in [0.15, 0.2) is 28.9 Å². The summed E-state index contributed by atoms with van der Waals surface area (Å²) in [4.78, 5) is 16.2. The van der Waals surface area contributed by atoms with Gasteiger partial charge in [-0.1, -0.05) is 16.8 Å². The lowest BCUT2D eigenvalue weighted by Crippen LogP contribution is -2.31. The van der Waals surface area contributed by atoms with Crippen molar-refractivity contribution in [1.29, 1.82) is 5.26 Å². The molecule has 0 aliphatic heterocycles. The van der Waals surface area contributed by atoms with Crippen LogP contribution in [0.4, 0.5) is 4.39 Å². The van der Waals surface area contributed by atoms with E-state index in [4.69, 9.17) is 21.4 Å². The molecular weight excluding hydrogens is 427 g/mol. The van der Waals surface area contributed by atoms with Gasteiger partial charge in [-0.25, -0.2) is 4.39 Å². The minimum absolute atomic E-state index is 0.0149. The van der Waals surface area contributed by atoms with Crippen molar-refractivity contribution in [2.24, 2.45) is 0 Å². The van der Waals surface area contributed by atoms with E-state index in [2.05, 4.69) is 20.6 Å². The van der Waals surface area contributed by atoms with Crippen LogP contribution in [-0.2, 0) is 16.8 Å². The number of aromatic nitrogens is 4. The average molecular weight is 447 g/mol. The fraction of sp³-hybridized carbons (Fsp3) is 0.350. The van der Waals surface area contributed by atoms with Crippen LogP contribution in [0.5, 0.6) is 0 Å². The fourth-order valence-corrected chi connectivity index (χ4v) is 2.95. The smallest absolute Gasteiger partial charge is 0.236 e. The number of hydrogen-bond donors (Lipinski definition) is 2. The van der Waals surface area contributed by atoms with Gasteiger partial charge in [0.1, 0.15) is 29.5 Å². The van der Waals surface area contributed by atoms with E-state index in [1.54, 1.807) is 23.0 Å². The zero-order valence-corrected chi connectivity index (χ0v) is 17.8. The lowest BCUT2D eigenvalue weighted by molar-refractivity contribution is -0.120. The first-order chi connectivity index (χ1) is 14.6. The van der Waals surface area contributed by atoms with Crippen LogP contribution >= 0.6 is 11.6 Å². The minimum atomic E-state index is -1.26. The van der Waals surface area contributed by atoms with Crippen molar-refractivity contribution in [1.82, 2.24) is 25.2 Å². The molecule has 3 aromatic rings. The molecule has 31 heavy (non-hydrogen) atoms. The van der Waals surface area contributed by atoms with Gasteiger partial charge in [0.25, 0.3) is 0 Å². The molecule has 0 unspecified atom stereocenters. The van der Waals surface area contributed by atoms with Crippen molar-refractivity contribution in [3.8, 4) is 17.3 Å². The van der Waals surface area contributed by atoms with Gasteiger partial charge in [-0.05, 0) is 39.0 Å². The van der Waals surface area contributed by atoms with E-state index >= 15 is 0 Å². The Morgan fingerprint density at radius 3 is 2.84 bits per heavy atom. The molecule has 1 aromatic carbocycles. The van der Waals surface area contributed by atoms with Gasteiger partial charge in [-0.3, -0.25) is 9.48 Å². The summed E-state index contributed by atoms with van der Waals surface area (Å²) in [5.41, 5.74) is -0.548. The standard InChI is InChI=1S/C20H20ClFN6O3/c1-11(10-24-17(29)8-18-25-19(27-31-18)20(2,3)30)28-5-4-16(26-28)12-6-14(21)13(9-23)15(22)7-12/h4-7,11,30H,8,10H2,1-3H3,(H,24,29)/t11-/m0/s1. The van der Waals surface area contributed by atoms with Gasteiger partial charge in [0.15, 0.2) is 0 Å². The predicted molar refractivity (Wildman–Crippen MR) is 108 cm³/mol. The van der Waals surface area contributed by atoms with Gasteiger partial charge in [-0.15, -0.1) is 0 Å². The topological polar surface area (TPSA) is 130 Å². The molecule has 11 heteroatoms. The summed E-state index contributed by atoms with van der Waals surface area (Å²) >= 11 is 5.96. The third-order valence-electron chi connectivity index (χ3n) is 4.43. The van der Waals surface area contributed by atoms with E-state index < -0.39 is 11.4 Å². The second-order valence-corrected chi connectivity index (χ2v) is 7.92. The van der Waals surface area contributed by atoms with Crippen LogP contribution in [0.2, 0.25) is 5.02 Å². The Balaban J connectivity index is 1.60. The normalized spacial score (nSPS) is 12.4. The number of carbonyl (C=O) groups excluding carboxylic acids is 1. The molecule has 0 bridgehead atoms. The SMILES string of the molecule is C[C@@H](CNC(=O)Cc1nc(C(C)(C)O)no1)n1ccc(-c2cc(F)c(C#N)c(Cl)c2)n1. The highest BCUT2D eigenvalue weighted by Gasteiger charge is 2.24. The number of halogens is 2. The van der Waals surface area contributed by atoms with Crippen LogP contribution in [0, 0.1) is 17.1 Å². The number of nitrogens with zero attached hydrogens (tertiary/aromatic N) is 5. The first-order valence-electron chi connectivity index (χ1n) is 9.35. The molecule has 0 saturated heterocycles. The fourth-order valence-electron chi connectivity index (χ4n) is 2.70. The number of amides is 1. The maximum atomic E-state index is 14.0. The van der Waals surface area contributed by atoms with Crippen molar-refractivity contribution >= 4 is 17.5 Å². The number of hydrogen-bond acceptors (Lipinski definition) is 7. The van der Waals surface area contributed by atoms with Crippen LogP contribution in [0.3, 0.4) is 0 Å². The largest absolute Gasteiger partial charge is 0.382 e. The third kappa shape index (κ3) is 5.25. The van der Waals surface area contributed by atoms with Crippen molar-refractivity contribution in [3.63, 3.8) is 0 Å². The third-order valence-corrected chi connectivity index (χ3v) is 4.73. The Morgan fingerprint density at radius 1 is 1.48 bits per heavy atom. The van der Waals surface area contributed by atoms with Crippen molar-refractivity contribution in [2.75, 3.05) is 6.54 Å². The molecule has 9 nitrogen and oxygen atoms in total. The molecule has 0 saturated carbocycles. The summed E-state index contributed by atoms with van der Waals surface area (Å²) in [6.07, 6.45) is 1.58. The highest BCUT2D eigenvalue weighted by atomic mass is 35.5. The number of aliphatic hydroxyl groups is 1. The maximum absolute atomic E-state index is 14.0. The number of carbonyl (C=O) groups is 1. The van der Waals surface area contributed by atoms with Gasteiger partial charge in [0.05, 0.1) is 16.8 Å². The van der Waals surface area contributed by atoms with Crippen molar-refractivity contribution in [2.45, 2.75) is 38.8 Å². The first-order valence-corrected chi connectivity index (χ1v) is 9.73. The van der Waals surface area contributed by atoms with Crippen LogP contribution < -0.4 is 5.32 Å². The molecule has 162 valence electrons. The van der Waals surface area contributed by atoms with Crippen molar-refractivity contribution < 1.29 is 18.8 Å². The molecule has 1 atom stereocenters. The van der Waals surface area contributed by atoms with Crippen LogP contribution in [-0.4, -0.2) is 37.5 Å². The second kappa shape index (κ2) is 8.83. The van der Waals surface area contributed by atoms with E-state index in [1.807, 2.05) is 6.92 Å². The van der Waals surface area contributed by atoms with Gasteiger partial charge >= 0.3 is 0 Å². The Hall–Kier alpha value is -3.29. The van der Waals surface area contributed by atoms with E-state index in [0.29, 0.717) is 11.3 Å². The molecule has 2 aromatic heterocycles. The lowest BCUT2D eigenvalue weighted by Gasteiger charge is -2.13. The molecular formula is C20H20ClFN6O3. The number of benzene rings is 1. The van der Waals surface area contributed by atoms with Crippen LogP contribution in [0.25, 0.3) is 11.3 Å². The highest BCUT2D eigenvalue weighted by molar-refractivity contribution is 6.32. The van der Waals surface area contributed by atoms with Gasteiger partial charge in [0.2, 0.25) is 17.6 Å². The minimum Gasteiger partial charge on any atom is -0.382 e. The summed E-state index contributed by atoms with van der Waals surface area (Å²) < 4.78 is 20.6. The summed E-state index contributed by atoms with van der Waals surface area (Å²) in [6, 6.07) is 5.89. The maximum Gasteiger partial charge on any atom is 0.236 e. The molecule has 0 aliphatic carbocycles. The quantitative estimate of drug-likeness (QED) is 0.570. The monoisotopic (exact) mass is 446 g/mol. The molecule has 0 fully saturated rings. The summed E-state index contributed by atoms with van der Waals surface area (Å²) in [5.74, 6) is -0.838. The Bertz CT molecular complexity index is 1120. The Labute approximate surface area is 182 Å². The molecule has 2 N–H and O–H groups in total. The van der Waals surface area contributed by atoms with E-state index in [0.717, 1.165) is 0 Å². The lowest BCUT2D eigenvalue weighted by atomic mass is 10.1. The number of nitriles is 1. The van der Waals surface area contributed by atoms with Gasteiger partial charge in [0, 0.05) is 18.3 Å². The van der Waals surface area contributed by atoms with Gasteiger partial charge in [-0.2, -0.15) is 15.3 Å². The highest BCUT2D eigenvalue weighted by Crippen LogP contribution is 2.27. The van der Waals surface area contributed by atoms with E-state index in [-0.39, 0.29) is 47.2 Å². The zero-order valence-electron chi connectivity index (χ0n) is 17.1. The molecule has 0 spiro atoms. The summed E-state index contributed by atoms with van der Waals surface area (Å²) in [7, 11) is 0. The molecule has 1 amide bonds. The average Bonchev–Trinajstić information content (AvgIpc) is 3.35. The zero-order chi connectivity index (χ0) is 22.8. The molecule has 0 aliphatic rings. The summed E-state index contributed by atoms with van der Waals surface area (Å²) in [5, 5.41) is 29.6. The Kier molecular flexibility index (Phi) is 6.38. The molecule has 0 radical (unpaired) electrons. The summed E-state index contributed by atoms with van der Waals surface area (Å²) in [6.45, 7) is 5.15.